The summed E-state index contributed by atoms with van der Waals surface area (Å²) >= 11 is 0. The van der Waals surface area contributed by atoms with Crippen LogP contribution in [0, 0.1) is 0 Å². The highest BCUT2D eigenvalue weighted by molar-refractivity contribution is 7.92. The smallest absolute Gasteiger partial charge is 0.263 e. The second-order valence-corrected chi connectivity index (χ2v) is 9.12. The van der Waals surface area contributed by atoms with Crippen molar-refractivity contribution in [2.75, 3.05) is 16.6 Å². The summed E-state index contributed by atoms with van der Waals surface area (Å²) in [7, 11) is -3.50. The van der Waals surface area contributed by atoms with Crippen molar-refractivity contribution in [2.24, 2.45) is 0 Å². The van der Waals surface area contributed by atoms with E-state index in [-0.39, 0.29) is 24.2 Å². The van der Waals surface area contributed by atoms with E-state index in [1.165, 1.54) is 9.87 Å². The molecule has 1 aliphatic heterocycles. The van der Waals surface area contributed by atoms with Crippen LogP contribution in [0.1, 0.15) is 25.8 Å². The molecule has 6 nitrogen and oxygen atoms in total. The van der Waals surface area contributed by atoms with Crippen LogP contribution in [-0.2, 0) is 21.2 Å². The fourth-order valence-electron chi connectivity index (χ4n) is 3.19. The number of aryl methyl sites for hydroxylation is 1. The summed E-state index contributed by atoms with van der Waals surface area (Å²) in [6.07, 6.45) is 0.763. The van der Waals surface area contributed by atoms with E-state index in [0.29, 0.717) is 11.4 Å². The normalized spacial score (nSPS) is 17.4. The van der Waals surface area contributed by atoms with E-state index < -0.39 is 16.1 Å². The van der Waals surface area contributed by atoms with Crippen molar-refractivity contribution >= 4 is 21.6 Å². The van der Waals surface area contributed by atoms with Crippen molar-refractivity contribution in [3.05, 3.63) is 60.2 Å². The number of rotatable bonds is 7. The predicted octanol–water partition coefficient (Wildman–Crippen LogP) is 2.74. The summed E-state index contributed by atoms with van der Waals surface area (Å²) in [5.41, 5.74) is 1.69. The third-order valence-electron chi connectivity index (χ3n) is 4.83. The quantitative estimate of drug-likeness (QED) is 0.773. The van der Waals surface area contributed by atoms with Gasteiger partial charge in [0, 0.05) is 6.04 Å². The highest BCUT2D eigenvalue weighted by Crippen LogP contribution is 2.35. The summed E-state index contributed by atoms with van der Waals surface area (Å²) < 4.78 is 32.1. The Balaban J connectivity index is 1.67. The summed E-state index contributed by atoms with van der Waals surface area (Å²) in [6.45, 7) is 3.51. The van der Waals surface area contributed by atoms with Gasteiger partial charge in [0.25, 0.3) is 5.91 Å². The lowest BCUT2D eigenvalue weighted by Gasteiger charge is -2.35. The fourth-order valence-corrected chi connectivity index (χ4v) is 4.32. The second kappa shape index (κ2) is 8.65. The molecule has 2 aromatic rings. The van der Waals surface area contributed by atoms with Crippen LogP contribution in [0.15, 0.2) is 54.6 Å². The first-order valence-corrected chi connectivity index (χ1v) is 11.1. The van der Waals surface area contributed by atoms with Crippen LogP contribution in [0.2, 0.25) is 0 Å². The van der Waals surface area contributed by atoms with Crippen LogP contribution in [0.4, 0.5) is 5.69 Å². The zero-order valence-electron chi connectivity index (χ0n) is 16.2. The number of benzene rings is 2. The molecule has 0 saturated carbocycles. The fraction of sp³-hybridized carbons (Fsp3) is 0.381. The number of para-hydroxylation sites is 2. The number of carbonyl (C=O) groups is 1. The first kappa shape index (κ1) is 20.2. The summed E-state index contributed by atoms with van der Waals surface area (Å²) in [5, 5.41) is 2.96. The molecule has 0 saturated heterocycles. The number of nitrogens with zero attached hydrogens (tertiary/aromatic N) is 1. The molecule has 0 spiro atoms. The Bertz CT molecular complexity index is 915. The van der Waals surface area contributed by atoms with Crippen LogP contribution < -0.4 is 14.4 Å². The number of anilines is 1. The summed E-state index contributed by atoms with van der Waals surface area (Å²) in [5.74, 6) is 0.0672. The molecule has 0 aromatic heterocycles. The molecular weight excluding hydrogens is 376 g/mol. The molecule has 0 aliphatic carbocycles. The third kappa shape index (κ3) is 4.65. The molecule has 3 rings (SSSR count). The molecule has 1 amide bonds. The number of hydrogen-bond donors (Lipinski definition) is 1. The Kier molecular flexibility index (Phi) is 6.24. The van der Waals surface area contributed by atoms with Gasteiger partial charge in [-0.15, -0.1) is 0 Å². The lowest BCUT2D eigenvalue weighted by Crippen LogP contribution is -2.52. The number of sulfonamides is 1. The number of nitrogens with one attached hydrogen (secondary N) is 1. The molecule has 1 N–H and O–H groups in total. The SMILES string of the molecule is CCS(=O)(=O)N1C[C@@H](C(=O)N[C@@H](C)CCc2ccccc2)Oc2ccccc21. The van der Waals surface area contributed by atoms with Crippen LogP contribution in [-0.4, -0.2) is 38.8 Å². The highest BCUT2D eigenvalue weighted by Gasteiger charge is 2.36. The number of fused-ring (bicyclic) bond motifs is 1. The molecular formula is C21H26N2O4S. The maximum atomic E-state index is 12.7. The molecule has 7 heteroatoms. The van der Waals surface area contributed by atoms with E-state index in [1.807, 2.05) is 25.1 Å². The van der Waals surface area contributed by atoms with Gasteiger partial charge >= 0.3 is 0 Å². The minimum Gasteiger partial charge on any atom is -0.476 e. The van der Waals surface area contributed by atoms with Crippen LogP contribution in [0.5, 0.6) is 5.75 Å². The average Bonchev–Trinajstić information content (AvgIpc) is 2.72. The maximum Gasteiger partial charge on any atom is 0.263 e. The van der Waals surface area contributed by atoms with Gasteiger partial charge in [-0.3, -0.25) is 9.10 Å². The van der Waals surface area contributed by atoms with Crippen molar-refractivity contribution in [2.45, 2.75) is 38.8 Å². The van der Waals surface area contributed by atoms with E-state index in [1.54, 1.807) is 31.2 Å². The topological polar surface area (TPSA) is 75.7 Å². The van der Waals surface area contributed by atoms with Gasteiger partial charge in [0.1, 0.15) is 5.75 Å². The van der Waals surface area contributed by atoms with Crippen molar-refractivity contribution in [1.82, 2.24) is 5.32 Å². The zero-order valence-corrected chi connectivity index (χ0v) is 17.0. The summed E-state index contributed by atoms with van der Waals surface area (Å²) in [4.78, 5) is 12.7. The Hall–Kier alpha value is -2.54. The Labute approximate surface area is 166 Å². The molecule has 0 fully saturated rings. The van der Waals surface area contributed by atoms with E-state index in [9.17, 15) is 13.2 Å². The van der Waals surface area contributed by atoms with Gasteiger partial charge in [0.15, 0.2) is 6.10 Å². The minimum absolute atomic E-state index is 0.0234. The van der Waals surface area contributed by atoms with Gasteiger partial charge in [-0.05, 0) is 44.4 Å². The molecule has 0 unspecified atom stereocenters. The van der Waals surface area contributed by atoms with Crippen LogP contribution in [0.3, 0.4) is 0 Å². The van der Waals surface area contributed by atoms with Gasteiger partial charge in [0.2, 0.25) is 10.0 Å². The van der Waals surface area contributed by atoms with E-state index in [2.05, 4.69) is 17.4 Å². The van der Waals surface area contributed by atoms with Gasteiger partial charge in [-0.25, -0.2) is 8.42 Å². The number of ether oxygens (including phenoxy) is 1. The Morgan fingerprint density at radius 1 is 1.18 bits per heavy atom. The Morgan fingerprint density at radius 2 is 1.86 bits per heavy atom. The monoisotopic (exact) mass is 402 g/mol. The molecule has 1 heterocycles. The van der Waals surface area contributed by atoms with Gasteiger partial charge in [-0.1, -0.05) is 42.5 Å². The molecule has 2 atom stereocenters. The molecule has 2 aromatic carbocycles. The van der Waals surface area contributed by atoms with Crippen LogP contribution >= 0.6 is 0 Å². The largest absolute Gasteiger partial charge is 0.476 e. The molecule has 0 bridgehead atoms. The van der Waals surface area contributed by atoms with Gasteiger partial charge in [-0.2, -0.15) is 0 Å². The van der Waals surface area contributed by atoms with Crippen molar-refractivity contribution in [3.8, 4) is 5.75 Å². The van der Waals surface area contributed by atoms with E-state index >= 15 is 0 Å². The first-order valence-electron chi connectivity index (χ1n) is 9.51. The van der Waals surface area contributed by atoms with Gasteiger partial charge in [0.05, 0.1) is 18.0 Å². The number of carbonyl (C=O) groups excluding carboxylic acids is 1. The molecule has 1 aliphatic rings. The number of amides is 1. The maximum absolute atomic E-state index is 12.7. The van der Waals surface area contributed by atoms with Gasteiger partial charge < -0.3 is 10.1 Å². The van der Waals surface area contributed by atoms with E-state index in [0.717, 1.165) is 12.8 Å². The van der Waals surface area contributed by atoms with Crippen molar-refractivity contribution < 1.29 is 17.9 Å². The molecule has 150 valence electrons. The average molecular weight is 403 g/mol. The molecule has 0 radical (unpaired) electrons. The minimum atomic E-state index is -3.50. The van der Waals surface area contributed by atoms with Crippen LogP contribution in [0.25, 0.3) is 0 Å². The molecule has 28 heavy (non-hydrogen) atoms. The lowest BCUT2D eigenvalue weighted by molar-refractivity contribution is -0.128. The first-order chi connectivity index (χ1) is 13.4. The number of hydrogen-bond acceptors (Lipinski definition) is 4. The second-order valence-electron chi connectivity index (χ2n) is 6.94. The Morgan fingerprint density at radius 3 is 2.57 bits per heavy atom. The zero-order chi connectivity index (χ0) is 20.1. The lowest BCUT2D eigenvalue weighted by atomic mass is 10.1. The standard InChI is InChI=1S/C21H26N2O4S/c1-3-28(25,26)23-15-20(27-19-12-8-7-11-18(19)23)21(24)22-16(2)13-14-17-9-5-4-6-10-17/h4-12,16,20H,3,13-15H2,1-2H3,(H,22,24)/t16-,20-/m0/s1. The van der Waals surface area contributed by atoms with E-state index in [4.69, 9.17) is 4.74 Å². The van der Waals surface area contributed by atoms with Crippen molar-refractivity contribution in [1.29, 1.82) is 0 Å². The summed E-state index contributed by atoms with van der Waals surface area (Å²) in [6, 6.07) is 16.9. The predicted molar refractivity (Wildman–Crippen MR) is 110 cm³/mol. The van der Waals surface area contributed by atoms with Crippen molar-refractivity contribution in [3.63, 3.8) is 0 Å². The highest BCUT2D eigenvalue weighted by atomic mass is 32.2. The third-order valence-corrected chi connectivity index (χ3v) is 6.57.